The lowest BCUT2D eigenvalue weighted by molar-refractivity contribution is 0.0976. The molecule has 3 aromatic rings. The zero-order chi connectivity index (χ0) is 22.1. The molecule has 0 fully saturated rings. The second kappa shape index (κ2) is 10.8. The molecule has 3 rings (SSSR count). The molecule has 0 spiro atoms. The van der Waals surface area contributed by atoms with Crippen molar-refractivity contribution in [2.24, 2.45) is 4.99 Å². The molecule has 1 heterocycles. The van der Waals surface area contributed by atoms with E-state index in [1.54, 1.807) is 44.8 Å². The molecule has 7 heteroatoms. The Balaban J connectivity index is 1.83. The van der Waals surface area contributed by atoms with Gasteiger partial charge in [0, 0.05) is 29.7 Å². The van der Waals surface area contributed by atoms with E-state index in [-0.39, 0.29) is 5.91 Å². The van der Waals surface area contributed by atoms with Crippen LogP contribution in [0, 0.1) is 0 Å². The number of rotatable bonds is 7. The Kier molecular flexibility index (Phi) is 7.59. The molecule has 2 N–H and O–H groups in total. The van der Waals surface area contributed by atoms with E-state index in [4.69, 9.17) is 9.47 Å². The van der Waals surface area contributed by atoms with Crippen molar-refractivity contribution in [2.45, 2.75) is 19.9 Å². The fourth-order valence-corrected chi connectivity index (χ4v) is 2.85. The van der Waals surface area contributed by atoms with Crippen LogP contribution in [0.1, 0.15) is 28.4 Å². The van der Waals surface area contributed by atoms with Gasteiger partial charge in [0.05, 0.1) is 20.8 Å². The Morgan fingerprint density at radius 2 is 1.71 bits per heavy atom. The van der Waals surface area contributed by atoms with E-state index in [1.165, 1.54) is 5.56 Å². The van der Waals surface area contributed by atoms with Crippen molar-refractivity contribution in [1.29, 1.82) is 0 Å². The van der Waals surface area contributed by atoms with Gasteiger partial charge in [-0.15, -0.1) is 0 Å². The average Bonchev–Trinajstić information content (AvgIpc) is 2.83. The summed E-state index contributed by atoms with van der Waals surface area (Å²) in [7, 11) is 3.08. The maximum atomic E-state index is 12.9. The summed E-state index contributed by atoms with van der Waals surface area (Å²) in [5.74, 6) is 1.06. The molecule has 7 nitrogen and oxygen atoms in total. The van der Waals surface area contributed by atoms with Gasteiger partial charge >= 0.3 is 0 Å². The molecule has 0 aliphatic heterocycles. The molecule has 0 atom stereocenters. The fraction of sp³-hybridized carbons (Fsp3) is 0.208. The van der Waals surface area contributed by atoms with Gasteiger partial charge in [-0.1, -0.05) is 25.1 Å². The molecule has 1 aromatic heterocycles. The van der Waals surface area contributed by atoms with E-state index >= 15 is 0 Å². The highest BCUT2D eigenvalue weighted by Gasteiger charge is 2.13. The summed E-state index contributed by atoms with van der Waals surface area (Å²) in [6.45, 7) is 2.47. The molecular weight excluding hydrogens is 392 g/mol. The van der Waals surface area contributed by atoms with Crippen LogP contribution in [0.5, 0.6) is 11.5 Å². The third-order valence-corrected chi connectivity index (χ3v) is 4.61. The zero-order valence-corrected chi connectivity index (χ0v) is 17.9. The number of nitrogens with one attached hydrogen (secondary N) is 2. The smallest absolute Gasteiger partial charge is 0.258 e. The fourth-order valence-electron chi connectivity index (χ4n) is 2.85. The monoisotopic (exact) mass is 418 g/mol. The summed E-state index contributed by atoms with van der Waals surface area (Å²) in [6, 6.07) is 16.8. The van der Waals surface area contributed by atoms with Crippen LogP contribution in [0.15, 0.2) is 72.0 Å². The third kappa shape index (κ3) is 6.30. The quantitative estimate of drug-likeness (QED) is 0.446. The highest BCUT2D eigenvalue weighted by molar-refractivity contribution is 6.10. The van der Waals surface area contributed by atoms with Gasteiger partial charge in [0.15, 0.2) is 0 Å². The minimum Gasteiger partial charge on any atom is -0.497 e. The van der Waals surface area contributed by atoms with Crippen molar-refractivity contribution in [1.82, 2.24) is 10.3 Å². The first-order valence-electron chi connectivity index (χ1n) is 9.95. The second-order valence-electron chi connectivity index (χ2n) is 6.76. The number of benzene rings is 2. The topological polar surface area (TPSA) is 84.8 Å². The summed E-state index contributed by atoms with van der Waals surface area (Å²) in [6.07, 6.45) is 4.40. The number of hydrogen-bond acceptors (Lipinski definition) is 5. The van der Waals surface area contributed by atoms with E-state index in [1.807, 2.05) is 36.4 Å². The van der Waals surface area contributed by atoms with Gasteiger partial charge in [-0.2, -0.15) is 0 Å². The Bertz CT molecular complexity index is 1010. The first-order chi connectivity index (χ1) is 15.1. The van der Waals surface area contributed by atoms with Gasteiger partial charge < -0.3 is 14.8 Å². The number of nitrogens with zero attached hydrogens (tertiary/aromatic N) is 2. The number of guanidine groups is 1. The number of anilines is 1. The first kappa shape index (κ1) is 21.8. The zero-order valence-electron chi connectivity index (χ0n) is 17.9. The molecule has 160 valence electrons. The molecule has 0 saturated heterocycles. The molecule has 0 aliphatic carbocycles. The lowest BCUT2D eigenvalue weighted by Crippen LogP contribution is -2.36. The molecular formula is C24H26N4O3. The largest absolute Gasteiger partial charge is 0.497 e. The molecule has 1 amide bonds. The summed E-state index contributed by atoms with van der Waals surface area (Å²) in [4.78, 5) is 21.6. The molecule has 0 radical (unpaired) electrons. The van der Waals surface area contributed by atoms with E-state index in [2.05, 4.69) is 27.5 Å². The van der Waals surface area contributed by atoms with Crippen LogP contribution in [0.2, 0.25) is 0 Å². The Morgan fingerprint density at radius 3 is 2.29 bits per heavy atom. The van der Waals surface area contributed by atoms with Crippen molar-refractivity contribution in [3.8, 4) is 11.5 Å². The van der Waals surface area contributed by atoms with E-state index in [9.17, 15) is 4.79 Å². The molecule has 0 aliphatic rings. The highest BCUT2D eigenvalue weighted by Crippen LogP contribution is 2.22. The van der Waals surface area contributed by atoms with Crippen LogP contribution in [-0.2, 0) is 13.0 Å². The normalized spacial score (nSPS) is 11.0. The number of carbonyl (C=O) groups excluding carboxylic acids is 1. The van der Waals surface area contributed by atoms with E-state index in [0.29, 0.717) is 29.6 Å². The molecule has 0 unspecified atom stereocenters. The minimum atomic E-state index is -0.334. The summed E-state index contributed by atoms with van der Waals surface area (Å²) >= 11 is 0. The predicted octanol–water partition coefficient (Wildman–Crippen LogP) is 4.06. The summed E-state index contributed by atoms with van der Waals surface area (Å²) in [5, 5.41) is 6.05. The molecule has 0 saturated carbocycles. The van der Waals surface area contributed by atoms with Gasteiger partial charge in [0.2, 0.25) is 5.96 Å². The Hall–Kier alpha value is -3.87. The van der Waals surface area contributed by atoms with Crippen LogP contribution in [-0.4, -0.2) is 31.1 Å². The number of aliphatic imine (C=N–C) groups is 1. The number of amides is 1. The van der Waals surface area contributed by atoms with Gasteiger partial charge in [0.1, 0.15) is 11.5 Å². The van der Waals surface area contributed by atoms with Crippen LogP contribution in [0.25, 0.3) is 0 Å². The number of pyridine rings is 1. The average molecular weight is 418 g/mol. The maximum absolute atomic E-state index is 12.9. The van der Waals surface area contributed by atoms with Gasteiger partial charge in [-0.25, -0.2) is 4.99 Å². The van der Waals surface area contributed by atoms with E-state index < -0.39 is 0 Å². The van der Waals surface area contributed by atoms with Crippen LogP contribution < -0.4 is 20.1 Å². The number of methoxy groups -OCH3 is 2. The number of hydrogen-bond donors (Lipinski definition) is 2. The number of carbonyl (C=O) groups is 1. The number of aromatic nitrogens is 1. The summed E-state index contributed by atoms with van der Waals surface area (Å²) in [5.41, 5.74) is 3.38. The molecule has 31 heavy (non-hydrogen) atoms. The first-order valence-corrected chi connectivity index (χ1v) is 9.95. The summed E-state index contributed by atoms with van der Waals surface area (Å²) < 4.78 is 10.5. The maximum Gasteiger partial charge on any atom is 0.258 e. The van der Waals surface area contributed by atoms with Crippen molar-refractivity contribution < 1.29 is 14.3 Å². The molecule has 0 bridgehead atoms. The van der Waals surface area contributed by atoms with Crippen molar-refractivity contribution >= 4 is 17.6 Å². The van der Waals surface area contributed by atoms with E-state index in [0.717, 1.165) is 17.7 Å². The van der Waals surface area contributed by atoms with Crippen molar-refractivity contribution in [3.63, 3.8) is 0 Å². The SMILES string of the molecule is CCc1ccc(NC(=NCc2cccnc2)NC(=O)c2cc(OC)cc(OC)c2)cc1. The van der Waals surface area contributed by atoms with Crippen molar-refractivity contribution in [2.75, 3.05) is 19.5 Å². The highest BCUT2D eigenvalue weighted by atomic mass is 16.5. The standard InChI is InChI=1S/C24H26N4O3/c1-4-17-7-9-20(10-8-17)27-24(26-16-18-6-5-11-25-15-18)28-23(29)19-12-21(30-2)14-22(13-19)31-3/h5-15H,4,16H2,1-3H3,(H2,26,27,28,29). The van der Waals surface area contributed by atoms with Crippen LogP contribution >= 0.6 is 0 Å². The van der Waals surface area contributed by atoms with Crippen LogP contribution in [0.3, 0.4) is 0 Å². The minimum absolute atomic E-state index is 0.333. The number of aryl methyl sites for hydroxylation is 1. The lowest BCUT2D eigenvalue weighted by atomic mass is 10.1. The predicted molar refractivity (Wildman–Crippen MR) is 122 cm³/mol. The van der Waals surface area contributed by atoms with Gasteiger partial charge in [0.25, 0.3) is 5.91 Å². The number of ether oxygens (including phenoxy) is 2. The van der Waals surface area contributed by atoms with Gasteiger partial charge in [-0.05, 0) is 47.9 Å². The third-order valence-electron chi connectivity index (χ3n) is 4.61. The second-order valence-corrected chi connectivity index (χ2v) is 6.76. The van der Waals surface area contributed by atoms with Gasteiger partial charge in [-0.3, -0.25) is 15.1 Å². The molecule has 2 aromatic carbocycles. The van der Waals surface area contributed by atoms with Crippen LogP contribution in [0.4, 0.5) is 5.69 Å². The van der Waals surface area contributed by atoms with Crippen molar-refractivity contribution in [3.05, 3.63) is 83.7 Å². The Labute approximate surface area is 182 Å². The Morgan fingerprint density at radius 1 is 1.00 bits per heavy atom. The lowest BCUT2D eigenvalue weighted by Gasteiger charge is -2.13.